The number of aromatic amines is 1. The zero-order valence-corrected chi connectivity index (χ0v) is 19.7. The van der Waals surface area contributed by atoms with Crippen LogP contribution in [0.4, 0.5) is 0 Å². The summed E-state index contributed by atoms with van der Waals surface area (Å²) in [6.45, 7) is 7.57. The summed E-state index contributed by atoms with van der Waals surface area (Å²) in [5.74, 6) is 1.17. The minimum absolute atomic E-state index is 0.151. The molecule has 4 aromatic rings. The van der Waals surface area contributed by atoms with E-state index in [1.54, 1.807) is 19.1 Å². The second kappa shape index (κ2) is 9.35. The van der Waals surface area contributed by atoms with Gasteiger partial charge in [-0.3, -0.25) is 9.59 Å². The smallest absolute Gasteiger partial charge is 0.267 e. The summed E-state index contributed by atoms with van der Waals surface area (Å²) in [6.07, 6.45) is 0. The SMILES string of the molecule is Cc1c(-c2ccc(C(=O)NC(C)(C)C)cc2)c(-c2ccccc2Oc2ccccc2)n[nH]c1=O. The molecule has 1 heterocycles. The van der Waals surface area contributed by atoms with E-state index in [1.165, 1.54) is 0 Å². The van der Waals surface area contributed by atoms with Gasteiger partial charge in [0.1, 0.15) is 17.2 Å². The van der Waals surface area contributed by atoms with Crippen molar-refractivity contribution < 1.29 is 9.53 Å². The summed E-state index contributed by atoms with van der Waals surface area (Å²) in [4.78, 5) is 25.0. The Labute approximate surface area is 198 Å². The van der Waals surface area contributed by atoms with Gasteiger partial charge in [0.25, 0.3) is 11.5 Å². The number of hydrogen-bond acceptors (Lipinski definition) is 4. The number of amides is 1. The highest BCUT2D eigenvalue weighted by Gasteiger charge is 2.20. The first-order chi connectivity index (χ1) is 16.2. The van der Waals surface area contributed by atoms with Gasteiger partial charge in [0.05, 0.1) is 0 Å². The summed E-state index contributed by atoms with van der Waals surface area (Å²) in [5, 5.41) is 9.96. The van der Waals surface area contributed by atoms with Crippen molar-refractivity contribution in [3.05, 3.63) is 100 Å². The van der Waals surface area contributed by atoms with Crippen LogP contribution in [0.3, 0.4) is 0 Å². The summed E-state index contributed by atoms with van der Waals surface area (Å²) < 4.78 is 6.14. The Morgan fingerprint density at radius 1 is 0.912 bits per heavy atom. The maximum atomic E-state index is 12.5. The van der Waals surface area contributed by atoms with E-state index in [0.29, 0.717) is 33.9 Å². The normalized spacial score (nSPS) is 11.2. The number of carbonyl (C=O) groups is 1. The molecule has 0 aliphatic rings. The quantitative estimate of drug-likeness (QED) is 0.404. The van der Waals surface area contributed by atoms with Crippen molar-refractivity contribution in [1.29, 1.82) is 0 Å². The number of benzene rings is 3. The number of hydrogen-bond donors (Lipinski definition) is 2. The van der Waals surface area contributed by atoms with Gasteiger partial charge in [-0.15, -0.1) is 0 Å². The lowest BCUT2D eigenvalue weighted by atomic mass is 9.95. The van der Waals surface area contributed by atoms with Crippen molar-refractivity contribution in [3.8, 4) is 33.9 Å². The minimum Gasteiger partial charge on any atom is -0.457 e. The van der Waals surface area contributed by atoms with Crippen molar-refractivity contribution in [2.24, 2.45) is 0 Å². The molecule has 34 heavy (non-hydrogen) atoms. The Bertz CT molecular complexity index is 1370. The van der Waals surface area contributed by atoms with E-state index in [0.717, 1.165) is 11.1 Å². The molecule has 0 bridgehead atoms. The zero-order chi connectivity index (χ0) is 24.3. The van der Waals surface area contributed by atoms with Crippen LogP contribution < -0.4 is 15.6 Å². The first kappa shape index (κ1) is 23.0. The largest absolute Gasteiger partial charge is 0.457 e. The Morgan fingerprint density at radius 2 is 1.56 bits per heavy atom. The molecule has 0 spiro atoms. The molecule has 0 saturated heterocycles. The van der Waals surface area contributed by atoms with E-state index >= 15 is 0 Å². The number of aromatic nitrogens is 2. The van der Waals surface area contributed by atoms with Gasteiger partial charge in [0.15, 0.2) is 0 Å². The van der Waals surface area contributed by atoms with Crippen LogP contribution >= 0.6 is 0 Å². The third kappa shape index (κ3) is 5.07. The molecule has 1 amide bonds. The average Bonchev–Trinajstić information content (AvgIpc) is 2.81. The van der Waals surface area contributed by atoms with Crippen LogP contribution in [0, 0.1) is 6.92 Å². The monoisotopic (exact) mass is 453 g/mol. The average molecular weight is 454 g/mol. The first-order valence-corrected chi connectivity index (χ1v) is 11.1. The van der Waals surface area contributed by atoms with E-state index in [9.17, 15) is 9.59 Å². The fourth-order valence-corrected chi connectivity index (χ4v) is 3.65. The van der Waals surface area contributed by atoms with Crippen molar-refractivity contribution >= 4 is 5.91 Å². The highest BCUT2D eigenvalue weighted by Crippen LogP contribution is 2.38. The number of H-pyrrole nitrogens is 1. The highest BCUT2D eigenvalue weighted by atomic mass is 16.5. The number of ether oxygens (including phenoxy) is 1. The maximum Gasteiger partial charge on any atom is 0.267 e. The van der Waals surface area contributed by atoms with E-state index in [1.807, 2.05) is 87.5 Å². The standard InChI is InChI=1S/C28H27N3O3/c1-18-24(19-14-16-20(17-15-19)27(33)29-28(2,3)4)25(30-31-26(18)32)22-12-8-9-13-23(22)34-21-10-6-5-7-11-21/h5-17H,1-4H3,(H,29,33)(H,31,32). The predicted molar refractivity (Wildman–Crippen MR) is 134 cm³/mol. The van der Waals surface area contributed by atoms with E-state index < -0.39 is 0 Å². The molecule has 1 aromatic heterocycles. The van der Waals surface area contributed by atoms with Crippen LogP contribution in [-0.4, -0.2) is 21.6 Å². The van der Waals surface area contributed by atoms with Gasteiger partial charge < -0.3 is 10.1 Å². The minimum atomic E-state index is -0.335. The Morgan fingerprint density at radius 3 is 2.24 bits per heavy atom. The molecular formula is C28H27N3O3. The van der Waals surface area contributed by atoms with Gasteiger partial charge in [-0.1, -0.05) is 42.5 Å². The van der Waals surface area contributed by atoms with Crippen molar-refractivity contribution in [2.75, 3.05) is 0 Å². The molecule has 0 radical (unpaired) electrons. The fraction of sp³-hybridized carbons (Fsp3) is 0.179. The van der Waals surface area contributed by atoms with Gasteiger partial charge in [0, 0.05) is 27.8 Å². The van der Waals surface area contributed by atoms with Crippen molar-refractivity contribution in [2.45, 2.75) is 33.2 Å². The number of nitrogens with one attached hydrogen (secondary N) is 2. The molecule has 0 aliphatic carbocycles. The molecule has 0 saturated carbocycles. The Balaban J connectivity index is 1.78. The van der Waals surface area contributed by atoms with Crippen molar-refractivity contribution in [1.82, 2.24) is 15.5 Å². The zero-order valence-electron chi connectivity index (χ0n) is 19.7. The third-order valence-corrected chi connectivity index (χ3v) is 5.26. The summed E-state index contributed by atoms with van der Waals surface area (Å²) in [5.41, 5.74) is 3.29. The van der Waals surface area contributed by atoms with Gasteiger partial charge in [-0.05, 0) is 69.7 Å². The van der Waals surface area contributed by atoms with Crippen LogP contribution in [0.1, 0.15) is 36.7 Å². The molecule has 3 aromatic carbocycles. The number of carbonyl (C=O) groups excluding carboxylic acids is 1. The van der Waals surface area contributed by atoms with Crippen LogP contribution in [0.2, 0.25) is 0 Å². The Hall–Kier alpha value is -4.19. The van der Waals surface area contributed by atoms with Crippen LogP contribution in [0.5, 0.6) is 11.5 Å². The van der Waals surface area contributed by atoms with Crippen molar-refractivity contribution in [3.63, 3.8) is 0 Å². The topological polar surface area (TPSA) is 84.1 Å². The van der Waals surface area contributed by atoms with Crippen LogP contribution in [-0.2, 0) is 0 Å². The molecule has 6 nitrogen and oxygen atoms in total. The number of rotatable bonds is 5. The van der Waals surface area contributed by atoms with E-state index in [-0.39, 0.29) is 17.0 Å². The first-order valence-electron chi connectivity index (χ1n) is 11.1. The van der Waals surface area contributed by atoms with E-state index in [2.05, 4.69) is 15.5 Å². The molecule has 2 N–H and O–H groups in total. The molecule has 172 valence electrons. The lowest BCUT2D eigenvalue weighted by Gasteiger charge is -2.20. The summed E-state index contributed by atoms with van der Waals surface area (Å²) >= 11 is 0. The second-order valence-electron chi connectivity index (χ2n) is 9.09. The lowest BCUT2D eigenvalue weighted by Crippen LogP contribution is -2.40. The van der Waals surface area contributed by atoms with Gasteiger partial charge >= 0.3 is 0 Å². The molecule has 6 heteroatoms. The molecule has 0 atom stereocenters. The molecular weight excluding hydrogens is 426 g/mol. The maximum absolute atomic E-state index is 12.5. The third-order valence-electron chi connectivity index (χ3n) is 5.26. The summed E-state index contributed by atoms with van der Waals surface area (Å²) in [7, 11) is 0. The molecule has 4 rings (SSSR count). The Kier molecular flexibility index (Phi) is 6.32. The second-order valence-corrected chi connectivity index (χ2v) is 9.09. The summed E-state index contributed by atoms with van der Waals surface area (Å²) in [6, 6.07) is 24.3. The van der Waals surface area contributed by atoms with Crippen LogP contribution in [0.15, 0.2) is 83.7 Å². The highest BCUT2D eigenvalue weighted by molar-refractivity contribution is 5.95. The lowest BCUT2D eigenvalue weighted by molar-refractivity contribution is 0.0919. The van der Waals surface area contributed by atoms with Gasteiger partial charge in [0.2, 0.25) is 0 Å². The van der Waals surface area contributed by atoms with Crippen LogP contribution in [0.25, 0.3) is 22.4 Å². The molecule has 0 aliphatic heterocycles. The fourth-order valence-electron chi connectivity index (χ4n) is 3.65. The molecule has 0 unspecified atom stereocenters. The van der Waals surface area contributed by atoms with Gasteiger partial charge in [-0.2, -0.15) is 5.10 Å². The van der Waals surface area contributed by atoms with E-state index in [4.69, 9.17) is 4.74 Å². The molecule has 0 fully saturated rings. The predicted octanol–water partition coefficient (Wildman–Crippen LogP) is 5.73. The van der Waals surface area contributed by atoms with Gasteiger partial charge in [-0.25, -0.2) is 5.10 Å². The number of nitrogens with zero attached hydrogens (tertiary/aromatic N) is 1. The number of para-hydroxylation sites is 2.